The van der Waals surface area contributed by atoms with Gasteiger partial charge in [-0.25, -0.2) is 14.2 Å². The Bertz CT molecular complexity index is 1090. The van der Waals surface area contributed by atoms with Gasteiger partial charge in [-0.2, -0.15) is 0 Å². The molecule has 4 fully saturated rings. The van der Waals surface area contributed by atoms with E-state index in [-0.39, 0.29) is 23.0 Å². The molecular formula is C24H27ClFN5O2. The van der Waals surface area contributed by atoms with Gasteiger partial charge in [0.05, 0.1) is 22.0 Å². The SMILES string of the molecule is CN(C(=O)NC12CC3CC(CC(C3)C1)C2)c1cc(C(N)=O)cnc1Nc1cc(F)ccc1Cl. The van der Waals surface area contributed by atoms with Gasteiger partial charge in [0.25, 0.3) is 0 Å². The molecule has 4 bridgehead atoms. The number of carbonyl (C=O) groups is 2. The number of primary amides is 1. The molecule has 1 heterocycles. The van der Waals surface area contributed by atoms with Crippen molar-refractivity contribution in [2.45, 2.75) is 44.1 Å². The molecular weight excluding hydrogens is 445 g/mol. The number of nitrogens with one attached hydrogen (secondary N) is 2. The predicted molar refractivity (Wildman–Crippen MR) is 125 cm³/mol. The summed E-state index contributed by atoms with van der Waals surface area (Å²) >= 11 is 6.20. The molecule has 3 amide bonds. The fourth-order valence-corrected chi connectivity index (χ4v) is 6.51. The Labute approximate surface area is 196 Å². The quantitative estimate of drug-likeness (QED) is 0.581. The number of hydrogen-bond donors (Lipinski definition) is 3. The maximum absolute atomic E-state index is 13.8. The zero-order valence-electron chi connectivity index (χ0n) is 18.4. The number of pyridine rings is 1. The van der Waals surface area contributed by atoms with Crippen molar-refractivity contribution in [3.8, 4) is 0 Å². The highest BCUT2D eigenvalue weighted by atomic mass is 35.5. The first-order valence-electron chi connectivity index (χ1n) is 11.3. The molecule has 0 aliphatic heterocycles. The van der Waals surface area contributed by atoms with Crippen LogP contribution in [0.25, 0.3) is 0 Å². The van der Waals surface area contributed by atoms with Gasteiger partial charge in [-0.1, -0.05) is 11.6 Å². The van der Waals surface area contributed by atoms with Gasteiger partial charge in [-0.15, -0.1) is 0 Å². The van der Waals surface area contributed by atoms with Gasteiger partial charge in [0.2, 0.25) is 5.91 Å². The van der Waals surface area contributed by atoms with Crippen molar-refractivity contribution in [1.29, 1.82) is 0 Å². The summed E-state index contributed by atoms with van der Waals surface area (Å²) in [7, 11) is 1.62. The number of rotatable bonds is 5. The number of carbonyl (C=O) groups excluding carboxylic acids is 2. The third kappa shape index (κ3) is 4.24. The molecule has 4 N–H and O–H groups in total. The second-order valence-electron chi connectivity index (χ2n) is 9.89. The lowest BCUT2D eigenvalue weighted by Crippen LogP contribution is -2.61. The number of benzene rings is 1. The van der Waals surface area contributed by atoms with Gasteiger partial charge in [-0.3, -0.25) is 9.69 Å². The van der Waals surface area contributed by atoms with Gasteiger partial charge >= 0.3 is 6.03 Å². The molecule has 0 spiro atoms. The largest absolute Gasteiger partial charge is 0.366 e. The van der Waals surface area contributed by atoms with Crippen molar-refractivity contribution >= 4 is 40.7 Å². The molecule has 1 aromatic carbocycles. The molecule has 33 heavy (non-hydrogen) atoms. The topological polar surface area (TPSA) is 100 Å². The zero-order valence-corrected chi connectivity index (χ0v) is 19.2. The molecule has 4 aliphatic rings. The average Bonchev–Trinajstić information content (AvgIpc) is 2.74. The molecule has 4 aliphatic carbocycles. The fraction of sp³-hybridized carbons (Fsp3) is 0.458. The van der Waals surface area contributed by atoms with Crippen LogP contribution < -0.4 is 21.3 Å². The highest BCUT2D eigenvalue weighted by Crippen LogP contribution is 2.55. The summed E-state index contributed by atoms with van der Waals surface area (Å²) in [5.74, 6) is 1.20. The first kappa shape index (κ1) is 21.9. The van der Waals surface area contributed by atoms with Gasteiger partial charge in [0.15, 0.2) is 5.82 Å². The minimum atomic E-state index is -0.658. The van der Waals surface area contributed by atoms with Crippen LogP contribution in [0.3, 0.4) is 0 Å². The van der Waals surface area contributed by atoms with E-state index in [0.29, 0.717) is 34.2 Å². The lowest BCUT2D eigenvalue weighted by molar-refractivity contribution is -0.0130. The first-order chi connectivity index (χ1) is 15.7. The van der Waals surface area contributed by atoms with Gasteiger partial charge in [-0.05, 0) is 80.5 Å². The fourth-order valence-electron chi connectivity index (χ4n) is 6.34. The molecule has 4 saturated carbocycles. The maximum Gasteiger partial charge on any atom is 0.322 e. The summed E-state index contributed by atoms with van der Waals surface area (Å²) in [6.07, 6.45) is 8.19. The molecule has 0 radical (unpaired) electrons. The van der Waals surface area contributed by atoms with E-state index < -0.39 is 11.7 Å². The van der Waals surface area contributed by atoms with E-state index in [1.54, 1.807) is 7.05 Å². The van der Waals surface area contributed by atoms with Gasteiger partial charge < -0.3 is 16.4 Å². The van der Waals surface area contributed by atoms with Crippen LogP contribution in [0.5, 0.6) is 0 Å². The second kappa shape index (κ2) is 8.17. The van der Waals surface area contributed by atoms with E-state index in [4.69, 9.17) is 17.3 Å². The van der Waals surface area contributed by atoms with Crippen LogP contribution in [0.15, 0.2) is 30.5 Å². The Hall–Kier alpha value is -2.87. The summed E-state index contributed by atoms with van der Waals surface area (Å²) in [5.41, 5.74) is 6.08. The Kier molecular flexibility index (Phi) is 5.43. The van der Waals surface area contributed by atoms with E-state index in [1.807, 2.05) is 0 Å². The third-order valence-corrected chi connectivity index (χ3v) is 7.74. The number of anilines is 3. The number of nitrogens with zero attached hydrogens (tertiary/aromatic N) is 2. The van der Waals surface area contributed by atoms with E-state index in [2.05, 4.69) is 15.6 Å². The van der Waals surface area contributed by atoms with Crippen molar-refractivity contribution < 1.29 is 14.0 Å². The van der Waals surface area contributed by atoms with Crippen molar-refractivity contribution in [1.82, 2.24) is 10.3 Å². The van der Waals surface area contributed by atoms with E-state index in [9.17, 15) is 14.0 Å². The van der Waals surface area contributed by atoms with Crippen molar-refractivity contribution in [3.05, 3.63) is 46.9 Å². The van der Waals surface area contributed by atoms with E-state index >= 15 is 0 Å². The summed E-state index contributed by atoms with van der Waals surface area (Å²) in [6, 6.07) is 5.16. The van der Waals surface area contributed by atoms with Crippen LogP contribution in [0, 0.1) is 23.6 Å². The molecule has 9 heteroatoms. The van der Waals surface area contributed by atoms with Gasteiger partial charge in [0.1, 0.15) is 5.82 Å². The van der Waals surface area contributed by atoms with Gasteiger partial charge in [0, 0.05) is 18.8 Å². The van der Waals surface area contributed by atoms with E-state index in [0.717, 1.165) is 19.3 Å². The van der Waals surface area contributed by atoms with Crippen LogP contribution in [-0.2, 0) is 0 Å². The normalized spacial score (nSPS) is 27.3. The maximum atomic E-state index is 13.8. The monoisotopic (exact) mass is 471 g/mol. The average molecular weight is 472 g/mol. The standard InChI is InChI=1S/C24H27ClFN5O2/c1-31(23(33)30-24-9-13-4-14(10-24)6-15(5-13)11-24)20-7-16(21(27)32)12-28-22(20)29-19-8-17(26)2-3-18(19)25/h2-3,7-8,12-15H,4-6,9-11H2,1H3,(H2,27,32)(H,28,29)(H,30,33). The Morgan fingerprint density at radius 1 is 1.15 bits per heavy atom. The van der Waals surface area contributed by atoms with E-state index in [1.165, 1.54) is 54.6 Å². The van der Waals surface area contributed by atoms with Crippen LogP contribution in [0.1, 0.15) is 48.9 Å². The van der Waals surface area contributed by atoms with Crippen molar-refractivity contribution in [2.75, 3.05) is 17.3 Å². The molecule has 0 atom stereocenters. The van der Waals surface area contributed by atoms with Crippen LogP contribution >= 0.6 is 11.6 Å². The lowest BCUT2D eigenvalue weighted by atomic mass is 9.53. The second-order valence-corrected chi connectivity index (χ2v) is 10.3. The number of halogens is 2. The predicted octanol–water partition coefficient (Wildman–Crippen LogP) is 4.83. The molecule has 0 unspecified atom stereocenters. The smallest absolute Gasteiger partial charge is 0.322 e. The molecule has 7 nitrogen and oxygen atoms in total. The lowest BCUT2D eigenvalue weighted by Gasteiger charge is -2.57. The zero-order chi connectivity index (χ0) is 23.3. The highest BCUT2D eigenvalue weighted by Gasteiger charge is 2.51. The Balaban J connectivity index is 1.43. The summed E-state index contributed by atoms with van der Waals surface area (Å²) in [6.45, 7) is 0. The molecule has 174 valence electrons. The molecule has 2 aromatic rings. The molecule has 0 saturated heterocycles. The highest BCUT2D eigenvalue weighted by molar-refractivity contribution is 6.33. The number of hydrogen-bond acceptors (Lipinski definition) is 4. The van der Waals surface area contributed by atoms with Crippen molar-refractivity contribution in [2.24, 2.45) is 23.5 Å². The summed E-state index contributed by atoms with van der Waals surface area (Å²) in [5, 5.41) is 6.59. The minimum absolute atomic E-state index is 0.162. The number of nitrogens with two attached hydrogens (primary N) is 1. The summed E-state index contributed by atoms with van der Waals surface area (Å²) < 4.78 is 13.8. The minimum Gasteiger partial charge on any atom is -0.366 e. The van der Waals surface area contributed by atoms with Crippen LogP contribution in [0.4, 0.5) is 26.4 Å². The third-order valence-electron chi connectivity index (χ3n) is 7.41. The number of aromatic nitrogens is 1. The number of urea groups is 1. The van der Waals surface area contributed by atoms with Crippen LogP contribution in [-0.4, -0.2) is 29.5 Å². The molecule has 6 rings (SSSR count). The first-order valence-corrected chi connectivity index (χ1v) is 11.7. The Morgan fingerprint density at radius 2 is 1.79 bits per heavy atom. The Morgan fingerprint density at radius 3 is 2.39 bits per heavy atom. The van der Waals surface area contributed by atoms with Crippen molar-refractivity contribution in [3.63, 3.8) is 0 Å². The molecule has 1 aromatic heterocycles. The number of amides is 3. The van der Waals surface area contributed by atoms with Crippen LogP contribution in [0.2, 0.25) is 5.02 Å². The summed E-state index contributed by atoms with van der Waals surface area (Å²) in [4.78, 5) is 30.9.